The van der Waals surface area contributed by atoms with Crippen molar-refractivity contribution in [3.05, 3.63) is 0 Å². The third-order valence-corrected chi connectivity index (χ3v) is 1.48. The fourth-order valence-electron chi connectivity index (χ4n) is 0.864. The Morgan fingerprint density at radius 3 is 3.00 bits per heavy atom. The summed E-state index contributed by atoms with van der Waals surface area (Å²) in [5.41, 5.74) is 0. The van der Waals surface area contributed by atoms with E-state index in [4.69, 9.17) is 9.47 Å². The molecule has 1 atom stereocenters. The number of cyclic esters (lactones) is 1. The molecule has 0 aromatic heterocycles. The molecule has 1 rings (SSSR count). The Morgan fingerprint density at radius 1 is 1.90 bits per heavy atom. The molecule has 58 valence electrons. The monoisotopic (exact) mass is 145 g/mol. The van der Waals surface area contributed by atoms with E-state index in [2.05, 4.69) is 0 Å². The fourth-order valence-corrected chi connectivity index (χ4v) is 0.864. The number of methoxy groups -OCH3 is 1. The molecule has 0 N–H and O–H groups in total. The van der Waals surface area contributed by atoms with Crippen molar-refractivity contribution in [2.75, 3.05) is 20.4 Å². The van der Waals surface area contributed by atoms with Gasteiger partial charge in [0.1, 0.15) is 13.3 Å². The number of hydrogen-bond donors (Lipinski definition) is 0. The van der Waals surface area contributed by atoms with Gasteiger partial charge in [-0.05, 0) is 6.92 Å². The molecule has 1 saturated heterocycles. The number of amides is 1. The van der Waals surface area contributed by atoms with Crippen molar-refractivity contribution < 1.29 is 14.3 Å². The standard InChI is InChI=1S/C6H11NO3/c1-5-3-10-6(8)7(5)4-9-2/h5H,3-4H2,1-2H3. The lowest BCUT2D eigenvalue weighted by Crippen LogP contribution is -2.32. The third kappa shape index (κ3) is 1.21. The third-order valence-electron chi connectivity index (χ3n) is 1.48. The first-order chi connectivity index (χ1) is 4.75. The lowest BCUT2D eigenvalue weighted by atomic mass is 10.4. The van der Waals surface area contributed by atoms with Crippen LogP contribution >= 0.6 is 0 Å². The number of carbonyl (C=O) groups excluding carboxylic acids is 1. The average Bonchev–Trinajstić information content (AvgIpc) is 2.20. The lowest BCUT2D eigenvalue weighted by molar-refractivity contribution is 0.0741. The van der Waals surface area contributed by atoms with E-state index < -0.39 is 0 Å². The average molecular weight is 145 g/mol. The number of ether oxygens (including phenoxy) is 2. The van der Waals surface area contributed by atoms with Crippen molar-refractivity contribution in [3.63, 3.8) is 0 Å². The molecule has 0 bridgehead atoms. The summed E-state index contributed by atoms with van der Waals surface area (Å²) in [6, 6.07) is 0.146. The molecule has 1 unspecified atom stereocenters. The van der Waals surface area contributed by atoms with Crippen LogP contribution in [0.4, 0.5) is 4.79 Å². The SMILES string of the molecule is COCN1C(=O)OCC1C. The number of nitrogens with zero attached hydrogens (tertiary/aromatic N) is 1. The zero-order chi connectivity index (χ0) is 7.56. The van der Waals surface area contributed by atoms with E-state index >= 15 is 0 Å². The Bertz CT molecular complexity index is 137. The molecular weight excluding hydrogens is 134 g/mol. The van der Waals surface area contributed by atoms with Gasteiger partial charge in [0, 0.05) is 7.11 Å². The zero-order valence-electron chi connectivity index (χ0n) is 6.16. The van der Waals surface area contributed by atoms with Gasteiger partial charge in [0.15, 0.2) is 0 Å². The van der Waals surface area contributed by atoms with Gasteiger partial charge in [0.2, 0.25) is 0 Å². The molecule has 1 aliphatic heterocycles. The number of hydrogen-bond acceptors (Lipinski definition) is 3. The van der Waals surface area contributed by atoms with E-state index in [0.717, 1.165) is 0 Å². The minimum Gasteiger partial charge on any atom is -0.447 e. The summed E-state index contributed by atoms with van der Waals surface area (Å²) in [4.78, 5) is 12.3. The molecule has 1 amide bonds. The summed E-state index contributed by atoms with van der Waals surface area (Å²) < 4.78 is 9.53. The van der Waals surface area contributed by atoms with E-state index in [1.165, 1.54) is 0 Å². The largest absolute Gasteiger partial charge is 0.447 e. The van der Waals surface area contributed by atoms with E-state index in [1.807, 2.05) is 6.92 Å². The van der Waals surface area contributed by atoms with Crippen LogP contribution in [0.3, 0.4) is 0 Å². The molecule has 0 saturated carbocycles. The molecular formula is C6H11NO3. The van der Waals surface area contributed by atoms with E-state index in [-0.39, 0.29) is 12.1 Å². The predicted molar refractivity (Wildman–Crippen MR) is 34.5 cm³/mol. The summed E-state index contributed by atoms with van der Waals surface area (Å²) in [6.45, 7) is 2.71. The van der Waals surface area contributed by atoms with Crippen LogP contribution in [0.2, 0.25) is 0 Å². The van der Waals surface area contributed by atoms with Crippen LogP contribution in [-0.2, 0) is 9.47 Å². The molecule has 4 heteroatoms. The quantitative estimate of drug-likeness (QED) is 0.565. The zero-order valence-corrected chi connectivity index (χ0v) is 6.16. The molecule has 0 spiro atoms. The van der Waals surface area contributed by atoms with Crippen LogP contribution in [0.1, 0.15) is 6.92 Å². The molecule has 0 aliphatic carbocycles. The smallest absolute Gasteiger partial charge is 0.412 e. The van der Waals surface area contributed by atoms with E-state index in [0.29, 0.717) is 13.3 Å². The summed E-state index contributed by atoms with van der Waals surface area (Å²) >= 11 is 0. The Kier molecular flexibility index (Phi) is 2.11. The van der Waals surface area contributed by atoms with E-state index in [9.17, 15) is 4.79 Å². The molecule has 0 radical (unpaired) electrons. The molecule has 10 heavy (non-hydrogen) atoms. The Morgan fingerprint density at radius 2 is 2.60 bits per heavy atom. The first-order valence-corrected chi connectivity index (χ1v) is 3.18. The number of rotatable bonds is 2. The first-order valence-electron chi connectivity index (χ1n) is 3.18. The number of carbonyl (C=O) groups is 1. The topological polar surface area (TPSA) is 38.8 Å². The van der Waals surface area contributed by atoms with Crippen molar-refractivity contribution in [3.8, 4) is 0 Å². The Labute approximate surface area is 59.7 Å². The highest BCUT2D eigenvalue weighted by Crippen LogP contribution is 2.10. The second-order valence-corrected chi connectivity index (χ2v) is 2.31. The Hall–Kier alpha value is -0.770. The van der Waals surface area contributed by atoms with Gasteiger partial charge in [-0.1, -0.05) is 0 Å². The van der Waals surface area contributed by atoms with Crippen LogP contribution in [-0.4, -0.2) is 37.5 Å². The van der Waals surface area contributed by atoms with Gasteiger partial charge < -0.3 is 9.47 Å². The van der Waals surface area contributed by atoms with Gasteiger partial charge in [-0.25, -0.2) is 4.79 Å². The highest BCUT2D eigenvalue weighted by molar-refractivity contribution is 5.69. The molecule has 4 nitrogen and oxygen atoms in total. The maximum absolute atomic E-state index is 10.8. The lowest BCUT2D eigenvalue weighted by Gasteiger charge is -2.15. The summed E-state index contributed by atoms with van der Waals surface area (Å²) in [5.74, 6) is 0. The van der Waals surface area contributed by atoms with Crippen LogP contribution in [0, 0.1) is 0 Å². The predicted octanol–water partition coefficient (Wildman–Crippen LogP) is 0.431. The fraction of sp³-hybridized carbons (Fsp3) is 0.833. The van der Waals surface area contributed by atoms with Crippen LogP contribution in [0.25, 0.3) is 0 Å². The van der Waals surface area contributed by atoms with Gasteiger partial charge in [-0.2, -0.15) is 0 Å². The Balaban J connectivity index is 2.46. The maximum Gasteiger partial charge on any atom is 0.412 e. The van der Waals surface area contributed by atoms with Crippen molar-refractivity contribution in [1.29, 1.82) is 0 Å². The molecule has 0 aromatic rings. The van der Waals surface area contributed by atoms with Gasteiger partial charge in [0.05, 0.1) is 6.04 Å². The maximum atomic E-state index is 10.8. The molecule has 1 fully saturated rings. The minimum absolute atomic E-state index is 0.146. The summed E-state index contributed by atoms with van der Waals surface area (Å²) in [6.07, 6.45) is -0.283. The van der Waals surface area contributed by atoms with E-state index in [1.54, 1.807) is 12.0 Å². The van der Waals surface area contributed by atoms with Crippen molar-refractivity contribution in [2.24, 2.45) is 0 Å². The molecule has 1 aliphatic rings. The van der Waals surface area contributed by atoms with Gasteiger partial charge in [-0.15, -0.1) is 0 Å². The summed E-state index contributed by atoms with van der Waals surface area (Å²) in [7, 11) is 1.55. The second-order valence-electron chi connectivity index (χ2n) is 2.31. The molecule has 0 aromatic carbocycles. The van der Waals surface area contributed by atoms with Gasteiger partial charge >= 0.3 is 6.09 Å². The molecule has 1 heterocycles. The normalized spacial score (nSPS) is 25.2. The van der Waals surface area contributed by atoms with Crippen molar-refractivity contribution in [2.45, 2.75) is 13.0 Å². The van der Waals surface area contributed by atoms with Crippen LogP contribution < -0.4 is 0 Å². The van der Waals surface area contributed by atoms with Crippen molar-refractivity contribution in [1.82, 2.24) is 4.90 Å². The van der Waals surface area contributed by atoms with Crippen LogP contribution in [0.15, 0.2) is 0 Å². The van der Waals surface area contributed by atoms with Crippen LogP contribution in [0.5, 0.6) is 0 Å². The minimum atomic E-state index is -0.283. The highest BCUT2D eigenvalue weighted by atomic mass is 16.6. The van der Waals surface area contributed by atoms with Gasteiger partial charge in [-0.3, -0.25) is 4.90 Å². The highest BCUT2D eigenvalue weighted by Gasteiger charge is 2.28. The first kappa shape index (κ1) is 7.34. The van der Waals surface area contributed by atoms with Crippen molar-refractivity contribution >= 4 is 6.09 Å². The summed E-state index contributed by atoms with van der Waals surface area (Å²) in [5, 5.41) is 0. The second kappa shape index (κ2) is 2.88. The van der Waals surface area contributed by atoms with Gasteiger partial charge in [0.25, 0.3) is 0 Å².